The maximum absolute atomic E-state index is 12.7. The molecule has 25 heavy (non-hydrogen) atoms. The van der Waals surface area contributed by atoms with Gasteiger partial charge in [-0.2, -0.15) is 0 Å². The van der Waals surface area contributed by atoms with Gasteiger partial charge in [0.15, 0.2) is 0 Å². The molecule has 1 N–H and O–H groups in total. The molecule has 2 aromatic carbocycles. The van der Waals surface area contributed by atoms with E-state index >= 15 is 0 Å². The SMILES string of the molecule is COc1ccc(CN(C)[C@@H](C)C(=O)Nc2c(C)cc(C)cc2C)cc1. The van der Waals surface area contributed by atoms with E-state index in [1.165, 1.54) is 5.56 Å². The second-order valence-electron chi connectivity index (χ2n) is 6.70. The number of hydrogen-bond acceptors (Lipinski definition) is 3. The van der Waals surface area contributed by atoms with Crippen molar-refractivity contribution in [3.05, 3.63) is 58.7 Å². The van der Waals surface area contributed by atoms with Gasteiger partial charge < -0.3 is 10.1 Å². The molecule has 4 nitrogen and oxygen atoms in total. The lowest BCUT2D eigenvalue weighted by atomic mass is 10.0. The normalized spacial score (nSPS) is 12.1. The second kappa shape index (κ2) is 8.17. The third-order valence-corrected chi connectivity index (χ3v) is 4.56. The van der Waals surface area contributed by atoms with E-state index in [4.69, 9.17) is 4.74 Å². The molecule has 0 heterocycles. The summed E-state index contributed by atoms with van der Waals surface area (Å²) >= 11 is 0. The van der Waals surface area contributed by atoms with Crippen molar-refractivity contribution in [3.8, 4) is 5.75 Å². The van der Waals surface area contributed by atoms with E-state index in [2.05, 4.69) is 24.4 Å². The number of amides is 1. The highest BCUT2D eigenvalue weighted by Gasteiger charge is 2.19. The van der Waals surface area contributed by atoms with Gasteiger partial charge in [-0.25, -0.2) is 0 Å². The van der Waals surface area contributed by atoms with Crippen LogP contribution in [0.4, 0.5) is 5.69 Å². The molecule has 0 saturated carbocycles. The summed E-state index contributed by atoms with van der Waals surface area (Å²) in [6.07, 6.45) is 0. The molecule has 1 atom stereocenters. The van der Waals surface area contributed by atoms with Gasteiger partial charge in [0.2, 0.25) is 5.91 Å². The Bertz CT molecular complexity index is 715. The number of methoxy groups -OCH3 is 1. The molecule has 0 radical (unpaired) electrons. The summed E-state index contributed by atoms with van der Waals surface area (Å²) < 4.78 is 5.18. The molecule has 0 aliphatic rings. The van der Waals surface area contributed by atoms with Crippen LogP contribution in [0.3, 0.4) is 0 Å². The van der Waals surface area contributed by atoms with E-state index in [-0.39, 0.29) is 11.9 Å². The number of rotatable bonds is 6. The fourth-order valence-electron chi connectivity index (χ4n) is 2.96. The number of ether oxygens (including phenoxy) is 1. The molecule has 0 fully saturated rings. The smallest absolute Gasteiger partial charge is 0.241 e. The highest BCUT2D eigenvalue weighted by atomic mass is 16.5. The summed E-state index contributed by atoms with van der Waals surface area (Å²) in [5.74, 6) is 0.841. The Kier molecular flexibility index (Phi) is 6.21. The minimum absolute atomic E-state index is 0.00562. The van der Waals surface area contributed by atoms with E-state index in [9.17, 15) is 4.79 Å². The maximum atomic E-state index is 12.7. The fourth-order valence-corrected chi connectivity index (χ4v) is 2.96. The number of nitrogens with zero attached hydrogens (tertiary/aromatic N) is 1. The zero-order chi connectivity index (χ0) is 18.6. The summed E-state index contributed by atoms with van der Waals surface area (Å²) in [5, 5.41) is 3.09. The van der Waals surface area contributed by atoms with Crippen molar-refractivity contribution in [2.75, 3.05) is 19.5 Å². The number of hydrogen-bond donors (Lipinski definition) is 1. The molecule has 2 aromatic rings. The van der Waals surface area contributed by atoms with Crippen molar-refractivity contribution in [2.45, 2.75) is 40.3 Å². The summed E-state index contributed by atoms with van der Waals surface area (Å²) in [5.41, 5.74) is 5.45. The molecule has 4 heteroatoms. The van der Waals surface area contributed by atoms with Crippen LogP contribution in [0, 0.1) is 20.8 Å². The van der Waals surface area contributed by atoms with Gasteiger partial charge in [-0.15, -0.1) is 0 Å². The molecule has 0 bridgehead atoms. The maximum Gasteiger partial charge on any atom is 0.241 e. The van der Waals surface area contributed by atoms with Crippen LogP contribution < -0.4 is 10.1 Å². The lowest BCUT2D eigenvalue weighted by Gasteiger charge is -2.25. The summed E-state index contributed by atoms with van der Waals surface area (Å²) in [7, 11) is 3.62. The van der Waals surface area contributed by atoms with E-state index < -0.39 is 0 Å². The Hall–Kier alpha value is -2.33. The summed E-state index contributed by atoms with van der Waals surface area (Å²) in [4.78, 5) is 14.7. The van der Waals surface area contributed by atoms with Crippen LogP contribution in [0.1, 0.15) is 29.2 Å². The zero-order valence-electron chi connectivity index (χ0n) is 16.0. The number of benzene rings is 2. The van der Waals surface area contributed by atoms with E-state index in [0.29, 0.717) is 6.54 Å². The van der Waals surface area contributed by atoms with Crippen LogP contribution >= 0.6 is 0 Å². The molecular weight excluding hydrogens is 312 g/mol. The van der Waals surface area contributed by atoms with Crippen LogP contribution in [0.15, 0.2) is 36.4 Å². The van der Waals surface area contributed by atoms with E-state index in [1.54, 1.807) is 7.11 Å². The topological polar surface area (TPSA) is 41.6 Å². The molecule has 0 unspecified atom stereocenters. The van der Waals surface area contributed by atoms with Gasteiger partial charge in [0, 0.05) is 12.2 Å². The Morgan fingerprint density at radius 2 is 1.68 bits per heavy atom. The lowest BCUT2D eigenvalue weighted by molar-refractivity contribution is -0.120. The monoisotopic (exact) mass is 340 g/mol. The first-order valence-corrected chi connectivity index (χ1v) is 8.53. The van der Waals surface area contributed by atoms with Gasteiger partial charge in [0.25, 0.3) is 0 Å². The first kappa shape index (κ1) is 19.0. The summed E-state index contributed by atoms with van der Waals surface area (Å²) in [6, 6.07) is 11.9. The van der Waals surface area contributed by atoms with Crippen molar-refractivity contribution in [3.63, 3.8) is 0 Å². The predicted molar refractivity (Wildman–Crippen MR) is 103 cm³/mol. The molecule has 0 spiro atoms. The Balaban J connectivity index is 2.03. The summed E-state index contributed by atoms with van der Waals surface area (Å²) in [6.45, 7) is 8.75. The molecule has 134 valence electrons. The first-order chi connectivity index (χ1) is 11.8. The van der Waals surface area contributed by atoms with Crippen LogP contribution in [-0.4, -0.2) is 31.0 Å². The van der Waals surface area contributed by atoms with Crippen LogP contribution in [0.5, 0.6) is 5.75 Å². The Morgan fingerprint density at radius 1 is 1.12 bits per heavy atom. The van der Waals surface area contributed by atoms with E-state index in [1.807, 2.05) is 57.0 Å². The average Bonchev–Trinajstić information content (AvgIpc) is 2.57. The number of likely N-dealkylation sites (N-methyl/N-ethyl adjacent to an activating group) is 1. The van der Waals surface area contributed by atoms with E-state index in [0.717, 1.165) is 28.1 Å². The number of aryl methyl sites for hydroxylation is 3. The molecule has 0 saturated heterocycles. The second-order valence-corrected chi connectivity index (χ2v) is 6.70. The highest BCUT2D eigenvalue weighted by molar-refractivity contribution is 5.95. The van der Waals surface area contributed by atoms with Gasteiger partial charge in [-0.05, 0) is 63.6 Å². The number of carbonyl (C=O) groups excluding carboxylic acids is 1. The van der Waals surface area contributed by atoms with Crippen LogP contribution in [0.2, 0.25) is 0 Å². The lowest BCUT2D eigenvalue weighted by Crippen LogP contribution is -2.39. The third-order valence-electron chi connectivity index (χ3n) is 4.56. The minimum Gasteiger partial charge on any atom is -0.497 e. The minimum atomic E-state index is -0.234. The Morgan fingerprint density at radius 3 is 2.20 bits per heavy atom. The fraction of sp³-hybridized carbons (Fsp3) is 0.381. The van der Waals surface area contributed by atoms with Gasteiger partial charge >= 0.3 is 0 Å². The Labute approximate surface area is 150 Å². The largest absolute Gasteiger partial charge is 0.497 e. The number of nitrogens with one attached hydrogen (secondary N) is 1. The molecule has 2 rings (SSSR count). The van der Waals surface area contributed by atoms with Crippen molar-refractivity contribution in [1.29, 1.82) is 0 Å². The van der Waals surface area contributed by atoms with Crippen molar-refractivity contribution in [2.24, 2.45) is 0 Å². The number of anilines is 1. The quantitative estimate of drug-likeness (QED) is 0.861. The zero-order valence-corrected chi connectivity index (χ0v) is 16.0. The van der Waals surface area contributed by atoms with Gasteiger partial charge in [0.05, 0.1) is 13.2 Å². The van der Waals surface area contributed by atoms with Crippen molar-refractivity contribution < 1.29 is 9.53 Å². The molecule has 0 aliphatic carbocycles. The van der Waals surface area contributed by atoms with Crippen molar-refractivity contribution >= 4 is 11.6 Å². The predicted octanol–water partition coefficient (Wildman–Crippen LogP) is 4.08. The average molecular weight is 340 g/mol. The first-order valence-electron chi connectivity index (χ1n) is 8.53. The van der Waals surface area contributed by atoms with Crippen molar-refractivity contribution in [1.82, 2.24) is 4.90 Å². The van der Waals surface area contributed by atoms with Gasteiger partial charge in [-0.3, -0.25) is 9.69 Å². The van der Waals surface area contributed by atoms with Gasteiger partial charge in [-0.1, -0.05) is 29.8 Å². The highest BCUT2D eigenvalue weighted by Crippen LogP contribution is 2.22. The number of carbonyl (C=O) groups is 1. The molecule has 0 aliphatic heterocycles. The molecule has 0 aromatic heterocycles. The molecule has 1 amide bonds. The standard InChI is InChI=1S/C21H28N2O2/c1-14-11-15(2)20(16(3)12-14)22-21(24)17(4)23(5)13-18-7-9-19(25-6)10-8-18/h7-12,17H,13H2,1-6H3,(H,22,24)/t17-/m0/s1. The van der Waals surface area contributed by atoms with Crippen LogP contribution in [0.25, 0.3) is 0 Å². The van der Waals surface area contributed by atoms with Crippen LogP contribution in [-0.2, 0) is 11.3 Å². The van der Waals surface area contributed by atoms with Gasteiger partial charge in [0.1, 0.15) is 5.75 Å². The third kappa shape index (κ3) is 4.83. The molecular formula is C21H28N2O2.